The fourth-order valence-corrected chi connectivity index (χ4v) is 8.40. The highest BCUT2D eigenvalue weighted by atomic mass is 16.2. The zero-order valence-electron chi connectivity index (χ0n) is 22.0. The summed E-state index contributed by atoms with van der Waals surface area (Å²) in [6, 6.07) is 0.0704. The van der Waals surface area contributed by atoms with Crippen molar-refractivity contribution < 1.29 is 14.4 Å². The van der Waals surface area contributed by atoms with Gasteiger partial charge in [-0.25, -0.2) is 4.79 Å². The summed E-state index contributed by atoms with van der Waals surface area (Å²) in [5.41, 5.74) is 0.144. The van der Waals surface area contributed by atoms with Gasteiger partial charge in [-0.1, -0.05) is 13.8 Å². The highest BCUT2D eigenvalue weighted by Crippen LogP contribution is 2.65. The summed E-state index contributed by atoms with van der Waals surface area (Å²) < 4.78 is 0. The minimum absolute atomic E-state index is 0.0361. The summed E-state index contributed by atoms with van der Waals surface area (Å²) in [7, 11) is 4.04. The molecule has 0 aromatic rings. The molecule has 0 radical (unpaired) electrons. The van der Waals surface area contributed by atoms with Gasteiger partial charge in [-0.2, -0.15) is 0 Å². The number of rotatable bonds is 6. The molecule has 192 valence electrons. The average molecular weight is 475 g/mol. The monoisotopic (exact) mass is 474 g/mol. The van der Waals surface area contributed by atoms with E-state index >= 15 is 0 Å². The highest BCUT2D eigenvalue weighted by molar-refractivity contribution is 5.96. The molecule has 4 fully saturated rings. The summed E-state index contributed by atoms with van der Waals surface area (Å²) in [6.07, 6.45) is 8.80. The maximum Gasteiger partial charge on any atom is 0.324 e. The average Bonchev–Trinajstić information content (AvgIpc) is 3.14. The van der Waals surface area contributed by atoms with E-state index in [0.717, 1.165) is 57.9 Å². The van der Waals surface area contributed by atoms with Crippen LogP contribution >= 0.6 is 0 Å². The minimum Gasteiger partial charge on any atom is -0.353 e. The number of hydrogen-bond donors (Lipinski definition) is 2. The van der Waals surface area contributed by atoms with E-state index in [4.69, 9.17) is 0 Å². The van der Waals surface area contributed by atoms with Crippen molar-refractivity contribution >= 4 is 17.8 Å². The summed E-state index contributed by atoms with van der Waals surface area (Å²) in [5, 5.41) is 6.18. The lowest BCUT2D eigenvalue weighted by atomic mass is 9.47. The molecule has 7 heteroatoms. The van der Waals surface area contributed by atoms with Gasteiger partial charge in [-0.3, -0.25) is 14.5 Å². The van der Waals surface area contributed by atoms with Crippen LogP contribution in [0, 0.1) is 34.5 Å². The second kappa shape index (κ2) is 9.79. The lowest BCUT2D eigenvalue weighted by molar-refractivity contribution is -0.145. The molecule has 1 aliphatic heterocycles. The Labute approximate surface area is 205 Å². The van der Waals surface area contributed by atoms with Gasteiger partial charge in [-0.05, 0) is 108 Å². The third-order valence-corrected chi connectivity index (χ3v) is 10.2. The van der Waals surface area contributed by atoms with Crippen LogP contribution in [-0.2, 0) is 9.59 Å². The first-order valence-electron chi connectivity index (χ1n) is 13.6. The van der Waals surface area contributed by atoms with E-state index in [9.17, 15) is 14.4 Å². The summed E-state index contributed by atoms with van der Waals surface area (Å²) >= 11 is 0. The van der Waals surface area contributed by atoms with Crippen LogP contribution in [0.2, 0.25) is 0 Å². The van der Waals surface area contributed by atoms with Crippen LogP contribution < -0.4 is 10.6 Å². The van der Waals surface area contributed by atoms with Crippen LogP contribution in [0.3, 0.4) is 0 Å². The Bertz CT molecular complexity index is 801. The van der Waals surface area contributed by atoms with Gasteiger partial charge in [0.25, 0.3) is 0 Å². The number of amides is 4. The molecule has 0 spiro atoms. The summed E-state index contributed by atoms with van der Waals surface area (Å²) in [4.78, 5) is 42.4. The van der Waals surface area contributed by atoms with Gasteiger partial charge in [-0.15, -0.1) is 0 Å². The first-order chi connectivity index (χ1) is 16.1. The summed E-state index contributed by atoms with van der Waals surface area (Å²) in [5.74, 6) is 1.97. The second-order valence-electron chi connectivity index (χ2n) is 12.2. The van der Waals surface area contributed by atoms with Gasteiger partial charge in [0.15, 0.2) is 0 Å². The van der Waals surface area contributed by atoms with Gasteiger partial charge in [0.2, 0.25) is 11.8 Å². The van der Waals surface area contributed by atoms with E-state index in [0.29, 0.717) is 43.3 Å². The molecule has 2 unspecified atom stereocenters. The standard InChI is InChI=1S/C27H46N4O3/c1-6-28-25(34)31(17-7-16-30(4)5)24(33)21-10-9-19-18-8-11-22-27(3,15-13-23(32)29-22)20(18)12-14-26(19,21)2/h18-22H,6-17H2,1-5H3,(H,28,34)(H,29,32)/t18-,19-,20+,21?,22?,26-,27+/m0/s1. The van der Waals surface area contributed by atoms with Crippen molar-refractivity contribution in [3.63, 3.8) is 0 Å². The van der Waals surface area contributed by atoms with E-state index in [1.165, 1.54) is 4.90 Å². The number of urea groups is 1. The van der Waals surface area contributed by atoms with Crippen molar-refractivity contribution in [1.82, 2.24) is 20.4 Å². The Morgan fingerprint density at radius 3 is 2.44 bits per heavy atom. The Hall–Kier alpha value is -1.63. The van der Waals surface area contributed by atoms with E-state index in [1.807, 2.05) is 21.0 Å². The first-order valence-corrected chi connectivity index (χ1v) is 13.6. The number of hydrogen-bond acceptors (Lipinski definition) is 4. The predicted octanol–water partition coefficient (Wildman–Crippen LogP) is 3.63. The molecule has 4 amide bonds. The Kier molecular flexibility index (Phi) is 7.33. The number of carbonyl (C=O) groups excluding carboxylic acids is 3. The van der Waals surface area contributed by atoms with Crippen LogP contribution in [0.5, 0.6) is 0 Å². The van der Waals surface area contributed by atoms with Crippen molar-refractivity contribution in [1.29, 1.82) is 0 Å². The number of imide groups is 1. The van der Waals surface area contributed by atoms with E-state index < -0.39 is 0 Å². The summed E-state index contributed by atoms with van der Waals surface area (Å²) in [6.45, 7) is 8.52. The lowest BCUT2D eigenvalue weighted by Crippen LogP contribution is -2.61. The van der Waals surface area contributed by atoms with Gasteiger partial charge in [0, 0.05) is 31.5 Å². The van der Waals surface area contributed by atoms with Gasteiger partial charge < -0.3 is 15.5 Å². The zero-order valence-corrected chi connectivity index (χ0v) is 22.0. The van der Waals surface area contributed by atoms with Crippen LogP contribution in [0.4, 0.5) is 4.79 Å². The molecule has 0 bridgehead atoms. The van der Waals surface area contributed by atoms with Crippen molar-refractivity contribution in [2.75, 3.05) is 33.7 Å². The molecule has 7 nitrogen and oxygen atoms in total. The van der Waals surface area contributed by atoms with Gasteiger partial charge in [0.1, 0.15) is 0 Å². The van der Waals surface area contributed by atoms with E-state index in [-0.39, 0.29) is 34.6 Å². The molecule has 0 aromatic carbocycles. The number of piperidine rings is 1. The van der Waals surface area contributed by atoms with Crippen molar-refractivity contribution in [2.45, 2.75) is 84.6 Å². The number of carbonyl (C=O) groups is 3. The molecule has 1 heterocycles. The Balaban J connectivity index is 1.51. The number of nitrogens with one attached hydrogen (secondary N) is 2. The maximum absolute atomic E-state index is 13.9. The number of fused-ring (bicyclic) bond motifs is 5. The molecule has 34 heavy (non-hydrogen) atoms. The van der Waals surface area contributed by atoms with Gasteiger partial charge in [0.05, 0.1) is 0 Å². The molecule has 0 aromatic heterocycles. The van der Waals surface area contributed by atoms with E-state index in [1.54, 1.807) is 0 Å². The highest BCUT2D eigenvalue weighted by Gasteiger charge is 2.61. The molecular weight excluding hydrogens is 428 g/mol. The zero-order chi connectivity index (χ0) is 24.7. The predicted molar refractivity (Wildman–Crippen MR) is 133 cm³/mol. The largest absolute Gasteiger partial charge is 0.353 e. The van der Waals surface area contributed by atoms with Gasteiger partial charge >= 0.3 is 6.03 Å². The molecule has 2 N–H and O–H groups in total. The van der Waals surface area contributed by atoms with Crippen molar-refractivity contribution in [3.8, 4) is 0 Å². The van der Waals surface area contributed by atoms with E-state index in [2.05, 4.69) is 29.4 Å². The first kappa shape index (κ1) is 25.5. The Morgan fingerprint density at radius 1 is 1.00 bits per heavy atom. The second-order valence-corrected chi connectivity index (χ2v) is 12.2. The van der Waals surface area contributed by atoms with Crippen LogP contribution in [0.15, 0.2) is 0 Å². The van der Waals surface area contributed by atoms with Crippen LogP contribution in [0.1, 0.15) is 78.6 Å². The third kappa shape index (κ3) is 4.38. The molecule has 7 atom stereocenters. The molecule has 4 aliphatic rings. The smallest absolute Gasteiger partial charge is 0.324 e. The molecule has 1 saturated heterocycles. The molecule has 4 rings (SSSR count). The van der Waals surface area contributed by atoms with Crippen LogP contribution in [0.25, 0.3) is 0 Å². The quantitative estimate of drug-likeness (QED) is 0.616. The Morgan fingerprint density at radius 2 is 1.74 bits per heavy atom. The lowest BCUT2D eigenvalue weighted by Gasteiger charge is -2.60. The normalized spacial score (nSPS) is 39.0. The minimum atomic E-state index is -0.238. The van der Waals surface area contributed by atoms with Crippen molar-refractivity contribution in [3.05, 3.63) is 0 Å². The fourth-order valence-electron chi connectivity index (χ4n) is 8.40. The number of nitrogens with zero attached hydrogens (tertiary/aromatic N) is 2. The molecule has 3 aliphatic carbocycles. The molecular formula is C27H46N4O3. The molecule has 3 saturated carbocycles. The topological polar surface area (TPSA) is 81.8 Å². The SMILES string of the molecule is CCNC(=O)N(CCCN(C)C)C(=O)C1CC[C@H]2[C@@H]3CCC4NC(=O)CC[C@]4(C)[C@@H]3CC[C@]12C. The van der Waals surface area contributed by atoms with Crippen molar-refractivity contribution in [2.24, 2.45) is 34.5 Å². The van der Waals surface area contributed by atoms with Crippen LogP contribution in [-0.4, -0.2) is 67.4 Å². The fraction of sp³-hybridized carbons (Fsp3) is 0.889. The third-order valence-electron chi connectivity index (χ3n) is 10.2. The maximum atomic E-state index is 13.9.